The third kappa shape index (κ3) is 5.56. The van der Waals surface area contributed by atoms with Crippen LogP contribution in [0.4, 0.5) is 4.79 Å². The first kappa shape index (κ1) is 15.9. The molecule has 8 heteroatoms. The lowest BCUT2D eigenvalue weighted by Gasteiger charge is -2.46. The van der Waals surface area contributed by atoms with Gasteiger partial charge in [0.2, 0.25) is 0 Å². The van der Waals surface area contributed by atoms with E-state index in [1.807, 2.05) is 0 Å². The number of aliphatic carboxylic acids is 1. The normalized spacial score (nSPS) is 18.5. The van der Waals surface area contributed by atoms with Gasteiger partial charge in [-0.15, -0.1) is 0 Å². The summed E-state index contributed by atoms with van der Waals surface area (Å²) >= 11 is 0. The summed E-state index contributed by atoms with van der Waals surface area (Å²) < 4.78 is 16.0. The minimum Gasteiger partial charge on any atom is -0.480 e. The second kappa shape index (κ2) is 6.85. The van der Waals surface area contributed by atoms with Crippen molar-refractivity contribution in [1.82, 2.24) is 10.2 Å². The highest BCUT2D eigenvalue weighted by Crippen LogP contribution is 2.24. The molecule has 0 radical (unpaired) electrons. The Morgan fingerprint density at radius 2 is 2.11 bits per heavy atom. The lowest BCUT2D eigenvalue weighted by molar-refractivity contribution is -0.159. The molecule has 1 fully saturated rings. The Kier molecular flexibility index (Phi) is 5.74. The number of hydrogen-bond acceptors (Lipinski definition) is 4. The van der Waals surface area contributed by atoms with Crippen molar-refractivity contribution in [3.05, 3.63) is 0 Å². The van der Waals surface area contributed by atoms with Crippen LogP contribution in [-0.4, -0.2) is 70.1 Å². The minimum absolute atomic E-state index is 0.196. The van der Waals surface area contributed by atoms with Gasteiger partial charge in [-0.2, -0.15) is 0 Å². The Balaban J connectivity index is 2.16. The van der Waals surface area contributed by atoms with E-state index in [1.54, 1.807) is 18.1 Å². The summed E-state index contributed by atoms with van der Waals surface area (Å²) in [6, 6.07) is -0.196. The van der Waals surface area contributed by atoms with Crippen molar-refractivity contribution in [2.24, 2.45) is 0 Å². The molecule has 2 amide bonds. The molecule has 1 atom stereocenters. The van der Waals surface area contributed by atoms with Crippen molar-refractivity contribution in [2.45, 2.75) is 18.9 Å². The molecule has 19 heavy (non-hydrogen) atoms. The summed E-state index contributed by atoms with van der Waals surface area (Å²) in [5.41, 5.74) is -0.569. The van der Waals surface area contributed by atoms with Gasteiger partial charge in [0, 0.05) is 29.4 Å². The molecular formula is C11H20N2O5S. The number of likely N-dealkylation sites (tertiary alicyclic amines) is 1. The summed E-state index contributed by atoms with van der Waals surface area (Å²) in [6.45, 7) is 2.67. The van der Waals surface area contributed by atoms with Crippen LogP contribution in [-0.2, 0) is 20.3 Å². The Morgan fingerprint density at radius 1 is 1.47 bits per heavy atom. The van der Waals surface area contributed by atoms with Gasteiger partial charge in [0.05, 0.1) is 13.1 Å². The van der Waals surface area contributed by atoms with Crippen molar-refractivity contribution < 1.29 is 23.6 Å². The predicted octanol–water partition coefficient (Wildman–Crippen LogP) is -0.360. The van der Waals surface area contributed by atoms with E-state index < -0.39 is 22.4 Å². The Labute approximate surface area is 114 Å². The standard InChI is InChI=1S/C11H20N2O5S/c1-11(18-6-9(14)15)7-13(8-11)10(16)12-4-3-5-19(2)17/h3-8H2,1-2H3,(H,12,16)(H,14,15). The Bertz CT molecular complexity index is 368. The van der Waals surface area contributed by atoms with E-state index >= 15 is 0 Å². The van der Waals surface area contributed by atoms with Gasteiger partial charge >= 0.3 is 12.0 Å². The van der Waals surface area contributed by atoms with Gasteiger partial charge in [-0.25, -0.2) is 9.59 Å². The van der Waals surface area contributed by atoms with Crippen LogP contribution in [0.3, 0.4) is 0 Å². The van der Waals surface area contributed by atoms with Gasteiger partial charge in [-0.3, -0.25) is 4.21 Å². The summed E-state index contributed by atoms with van der Waals surface area (Å²) in [6.07, 6.45) is 2.30. The number of nitrogens with one attached hydrogen (secondary N) is 1. The number of carbonyl (C=O) groups is 2. The van der Waals surface area contributed by atoms with Crippen molar-refractivity contribution in [3.63, 3.8) is 0 Å². The lowest BCUT2D eigenvalue weighted by Crippen LogP contribution is -2.65. The maximum Gasteiger partial charge on any atom is 0.329 e. The predicted molar refractivity (Wildman–Crippen MR) is 70.5 cm³/mol. The minimum atomic E-state index is -1.02. The Hall–Kier alpha value is -1.15. The largest absolute Gasteiger partial charge is 0.480 e. The van der Waals surface area contributed by atoms with E-state index in [9.17, 15) is 13.8 Å². The van der Waals surface area contributed by atoms with Crippen molar-refractivity contribution in [3.8, 4) is 0 Å². The van der Waals surface area contributed by atoms with Crippen molar-refractivity contribution >= 4 is 22.8 Å². The molecule has 0 aromatic heterocycles. The van der Waals surface area contributed by atoms with Gasteiger partial charge in [-0.05, 0) is 13.3 Å². The smallest absolute Gasteiger partial charge is 0.329 e. The summed E-state index contributed by atoms with van der Waals surface area (Å²) in [4.78, 5) is 23.6. The first-order valence-corrected chi connectivity index (χ1v) is 7.74. The molecule has 110 valence electrons. The van der Waals surface area contributed by atoms with E-state index in [4.69, 9.17) is 9.84 Å². The lowest BCUT2D eigenvalue weighted by atomic mass is 9.97. The van der Waals surface area contributed by atoms with Crippen LogP contribution in [0.1, 0.15) is 13.3 Å². The second-order valence-electron chi connectivity index (χ2n) is 4.85. The SMILES string of the molecule is CS(=O)CCCNC(=O)N1CC(C)(OCC(=O)O)C1. The molecule has 1 heterocycles. The number of hydrogen-bond donors (Lipinski definition) is 2. The third-order valence-corrected chi connectivity index (χ3v) is 3.63. The topological polar surface area (TPSA) is 95.9 Å². The quantitative estimate of drug-likeness (QED) is 0.625. The molecule has 1 saturated heterocycles. The van der Waals surface area contributed by atoms with Crippen molar-refractivity contribution in [1.29, 1.82) is 0 Å². The summed E-state index contributed by atoms with van der Waals surface area (Å²) in [5, 5.41) is 11.2. The van der Waals surface area contributed by atoms with Crippen molar-refractivity contribution in [2.75, 3.05) is 38.2 Å². The Morgan fingerprint density at radius 3 is 2.63 bits per heavy atom. The fourth-order valence-electron chi connectivity index (χ4n) is 1.81. The molecular weight excluding hydrogens is 272 g/mol. The van der Waals surface area contributed by atoms with E-state index in [2.05, 4.69) is 5.32 Å². The monoisotopic (exact) mass is 292 g/mol. The molecule has 0 aliphatic carbocycles. The fourth-order valence-corrected chi connectivity index (χ4v) is 2.37. The molecule has 0 bridgehead atoms. The van der Waals surface area contributed by atoms with Crippen LogP contribution in [0.15, 0.2) is 0 Å². The number of nitrogens with zero attached hydrogens (tertiary/aromatic N) is 1. The van der Waals surface area contributed by atoms with Crippen LogP contribution in [0, 0.1) is 0 Å². The number of carboxylic acids is 1. The number of carbonyl (C=O) groups excluding carboxylic acids is 1. The molecule has 7 nitrogen and oxygen atoms in total. The molecule has 0 aromatic rings. The average molecular weight is 292 g/mol. The van der Waals surface area contributed by atoms with E-state index in [0.717, 1.165) is 0 Å². The fraction of sp³-hybridized carbons (Fsp3) is 0.818. The maximum absolute atomic E-state index is 11.7. The van der Waals surface area contributed by atoms with E-state index in [-0.39, 0.29) is 12.6 Å². The van der Waals surface area contributed by atoms with Gasteiger partial charge in [0.15, 0.2) is 0 Å². The number of urea groups is 1. The number of carboxylic acid groups (broad SMARTS) is 1. The van der Waals surface area contributed by atoms with Crippen LogP contribution >= 0.6 is 0 Å². The van der Waals surface area contributed by atoms with Crippen LogP contribution < -0.4 is 5.32 Å². The molecule has 1 unspecified atom stereocenters. The highest BCUT2D eigenvalue weighted by molar-refractivity contribution is 7.84. The van der Waals surface area contributed by atoms with Gasteiger partial charge < -0.3 is 20.1 Å². The third-order valence-electron chi connectivity index (χ3n) is 2.77. The maximum atomic E-state index is 11.7. The molecule has 2 N–H and O–H groups in total. The number of rotatable bonds is 7. The molecule has 1 aliphatic rings. The van der Waals surface area contributed by atoms with Crippen LogP contribution in [0.5, 0.6) is 0 Å². The van der Waals surface area contributed by atoms with Crippen LogP contribution in [0.2, 0.25) is 0 Å². The summed E-state index contributed by atoms with van der Waals surface area (Å²) in [5.74, 6) is -0.448. The molecule has 0 spiro atoms. The zero-order valence-corrected chi connectivity index (χ0v) is 12.0. The van der Waals surface area contributed by atoms with E-state index in [1.165, 1.54) is 0 Å². The molecule has 0 aromatic carbocycles. The van der Waals surface area contributed by atoms with Crippen LogP contribution in [0.25, 0.3) is 0 Å². The van der Waals surface area contributed by atoms with E-state index in [0.29, 0.717) is 31.8 Å². The molecule has 1 rings (SSSR count). The highest BCUT2D eigenvalue weighted by Gasteiger charge is 2.42. The average Bonchev–Trinajstić information content (AvgIpc) is 2.28. The number of amides is 2. The van der Waals surface area contributed by atoms with Gasteiger partial charge in [-0.1, -0.05) is 0 Å². The molecule has 1 aliphatic heterocycles. The van der Waals surface area contributed by atoms with Gasteiger partial charge in [0.1, 0.15) is 12.2 Å². The first-order chi connectivity index (χ1) is 8.82. The summed E-state index contributed by atoms with van der Waals surface area (Å²) in [7, 11) is -0.839. The second-order valence-corrected chi connectivity index (χ2v) is 6.41. The number of ether oxygens (including phenoxy) is 1. The first-order valence-electron chi connectivity index (χ1n) is 6.01. The zero-order valence-electron chi connectivity index (χ0n) is 11.2. The highest BCUT2D eigenvalue weighted by atomic mass is 32.2. The zero-order chi connectivity index (χ0) is 14.5. The molecule has 0 saturated carbocycles. The van der Waals surface area contributed by atoms with Gasteiger partial charge in [0.25, 0.3) is 0 Å².